The Bertz CT molecular complexity index is 957. The smallest absolute Gasteiger partial charge is 0.260 e. The van der Waals surface area contributed by atoms with Gasteiger partial charge in [-0.15, -0.1) is 0 Å². The molecule has 0 aliphatic carbocycles. The lowest BCUT2D eigenvalue weighted by atomic mass is 10.1. The van der Waals surface area contributed by atoms with Gasteiger partial charge in [0.05, 0.1) is 29.8 Å². The molecular weight excluding hydrogens is 419 g/mol. The summed E-state index contributed by atoms with van der Waals surface area (Å²) in [6.07, 6.45) is 1.65. The first kappa shape index (κ1) is 15.6. The van der Waals surface area contributed by atoms with Gasteiger partial charge in [-0.1, -0.05) is 0 Å². The second kappa shape index (κ2) is 6.21. The fourth-order valence-electron chi connectivity index (χ4n) is 3.07. The van der Waals surface area contributed by atoms with Crippen LogP contribution in [0.25, 0.3) is 22.4 Å². The van der Waals surface area contributed by atoms with Crippen molar-refractivity contribution in [2.75, 3.05) is 31.2 Å². The number of hydrogen-bond acceptors (Lipinski definition) is 4. The Morgan fingerprint density at radius 2 is 2.08 bits per heavy atom. The molecule has 124 valence electrons. The van der Waals surface area contributed by atoms with E-state index in [1.807, 2.05) is 6.07 Å². The summed E-state index contributed by atoms with van der Waals surface area (Å²) in [5, 5.41) is 0. The molecule has 1 aliphatic heterocycles. The molecule has 3 aromatic rings. The summed E-state index contributed by atoms with van der Waals surface area (Å²) < 4.78 is 6.30. The van der Waals surface area contributed by atoms with Gasteiger partial charge in [0.1, 0.15) is 5.82 Å². The maximum atomic E-state index is 12.2. The summed E-state index contributed by atoms with van der Waals surface area (Å²) in [7, 11) is 0. The van der Waals surface area contributed by atoms with Crippen molar-refractivity contribution in [3.05, 3.63) is 43.9 Å². The summed E-state index contributed by atoms with van der Waals surface area (Å²) in [4.78, 5) is 25.2. The van der Waals surface area contributed by atoms with Crippen LogP contribution in [-0.4, -0.2) is 41.3 Å². The van der Waals surface area contributed by atoms with Crippen molar-refractivity contribution in [2.45, 2.75) is 6.92 Å². The number of fused-ring (bicyclic) bond motifs is 1. The normalized spacial score (nSPS) is 15.2. The highest BCUT2D eigenvalue weighted by Gasteiger charge is 2.17. The molecule has 1 aliphatic rings. The number of aromatic amines is 2. The Morgan fingerprint density at radius 1 is 1.29 bits per heavy atom. The van der Waals surface area contributed by atoms with E-state index >= 15 is 0 Å². The number of H-pyrrole nitrogens is 2. The van der Waals surface area contributed by atoms with Gasteiger partial charge in [0.25, 0.3) is 5.56 Å². The monoisotopic (exact) mass is 436 g/mol. The van der Waals surface area contributed by atoms with Crippen molar-refractivity contribution >= 4 is 39.3 Å². The Morgan fingerprint density at radius 3 is 2.83 bits per heavy atom. The Labute approximate surface area is 152 Å². The lowest BCUT2D eigenvalue weighted by molar-refractivity contribution is 0.122. The van der Waals surface area contributed by atoms with Crippen LogP contribution in [0.1, 0.15) is 5.56 Å². The lowest BCUT2D eigenvalue weighted by Gasteiger charge is -2.29. The minimum absolute atomic E-state index is 0.132. The quantitative estimate of drug-likeness (QED) is 0.606. The van der Waals surface area contributed by atoms with Crippen LogP contribution in [-0.2, 0) is 4.74 Å². The molecule has 2 N–H and O–H groups in total. The molecular formula is C17H17IN4O2. The first-order valence-electron chi connectivity index (χ1n) is 7.84. The third kappa shape index (κ3) is 2.71. The number of anilines is 1. The first-order chi connectivity index (χ1) is 11.6. The molecule has 1 aromatic carbocycles. The molecule has 1 fully saturated rings. The van der Waals surface area contributed by atoms with Crippen LogP contribution in [0.15, 0.2) is 29.2 Å². The van der Waals surface area contributed by atoms with Crippen molar-refractivity contribution in [1.29, 1.82) is 0 Å². The number of hydrogen-bond donors (Lipinski definition) is 2. The number of rotatable bonds is 2. The van der Waals surface area contributed by atoms with E-state index in [9.17, 15) is 4.79 Å². The second-order valence-corrected chi connectivity index (χ2v) is 7.04. The van der Waals surface area contributed by atoms with Crippen LogP contribution < -0.4 is 10.5 Å². The highest BCUT2D eigenvalue weighted by molar-refractivity contribution is 14.1. The van der Waals surface area contributed by atoms with Gasteiger partial charge in [0, 0.05) is 28.5 Å². The molecule has 0 radical (unpaired) electrons. The van der Waals surface area contributed by atoms with Crippen LogP contribution in [0.2, 0.25) is 0 Å². The highest BCUT2D eigenvalue weighted by Crippen LogP contribution is 2.28. The van der Waals surface area contributed by atoms with E-state index in [2.05, 4.69) is 61.5 Å². The van der Waals surface area contributed by atoms with Crippen LogP contribution in [0.3, 0.4) is 0 Å². The summed E-state index contributed by atoms with van der Waals surface area (Å²) in [6, 6.07) is 6.13. The number of benzene rings is 1. The Balaban J connectivity index is 1.83. The van der Waals surface area contributed by atoms with E-state index in [-0.39, 0.29) is 5.56 Å². The number of imidazole rings is 1. The standard InChI is InChI=1S/C17H17IN4O2/c1-10-8-11(22-4-6-24-7-5-22)9-13-15(10)21-16(20-13)14-12(18)2-3-19-17(14)23/h2-3,8-9H,4-7H2,1H3,(H,19,23)(H,20,21). The van der Waals surface area contributed by atoms with Gasteiger partial charge in [-0.05, 0) is 53.3 Å². The largest absolute Gasteiger partial charge is 0.378 e. The minimum Gasteiger partial charge on any atom is -0.378 e. The predicted octanol–water partition coefficient (Wildman–Crippen LogP) is 2.67. The summed E-state index contributed by atoms with van der Waals surface area (Å²) in [5.41, 5.74) is 4.56. The van der Waals surface area contributed by atoms with Crippen molar-refractivity contribution in [1.82, 2.24) is 15.0 Å². The first-order valence-corrected chi connectivity index (χ1v) is 8.92. The van der Waals surface area contributed by atoms with E-state index in [4.69, 9.17) is 4.74 Å². The zero-order valence-electron chi connectivity index (χ0n) is 13.2. The SMILES string of the molecule is Cc1cc(N2CCOCC2)cc2[nH]c(-c3c(I)cc[nH]c3=O)nc12. The average molecular weight is 436 g/mol. The van der Waals surface area contributed by atoms with Crippen LogP contribution >= 0.6 is 22.6 Å². The molecule has 4 rings (SSSR count). The maximum absolute atomic E-state index is 12.2. The zero-order valence-corrected chi connectivity index (χ0v) is 15.4. The molecule has 0 amide bonds. The van der Waals surface area contributed by atoms with Crippen molar-refractivity contribution in [3.8, 4) is 11.4 Å². The lowest BCUT2D eigenvalue weighted by Crippen LogP contribution is -2.36. The van der Waals surface area contributed by atoms with Crippen molar-refractivity contribution in [3.63, 3.8) is 0 Å². The maximum Gasteiger partial charge on any atom is 0.260 e. The second-order valence-electron chi connectivity index (χ2n) is 5.87. The molecule has 0 unspecified atom stereocenters. The van der Waals surface area contributed by atoms with Crippen LogP contribution in [0.4, 0.5) is 5.69 Å². The van der Waals surface area contributed by atoms with E-state index in [0.29, 0.717) is 11.4 Å². The number of aryl methyl sites for hydroxylation is 1. The van der Waals surface area contributed by atoms with Crippen molar-refractivity contribution < 1.29 is 4.74 Å². The number of morpholine rings is 1. The van der Waals surface area contributed by atoms with Crippen molar-refractivity contribution in [2.24, 2.45) is 0 Å². The van der Waals surface area contributed by atoms with E-state index in [1.54, 1.807) is 6.20 Å². The van der Waals surface area contributed by atoms with Gasteiger partial charge in [-0.2, -0.15) is 0 Å². The molecule has 0 atom stereocenters. The van der Waals surface area contributed by atoms with Crippen LogP contribution in [0, 0.1) is 10.5 Å². The predicted molar refractivity (Wildman–Crippen MR) is 103 cm³/mol. The number of pyridine rings is 1. The fourth-order valence-corrected chi connectivity index (χ4v) is 3.75. The summed E-state index contributed by atoms with van der Waals surface area (Å²) >= 11 is 2.16. The summed E-state index contributed by atoms with van der Waals surface area (Å²) in [6.45, 7) is 5.34. The van der Waals surface area contributed by atoms with Gasteiger partial charge in [-0.25, -0.2) is 4.98 Å². The van der Waals surface area contributed by atoms with Gasteiger partial charge in [-0.3, -0.25) is 4.79 Å². The molecule has 1 saturated heterocycles. The van der Waals surface area contributed by atoms with Gasteiger partial charge < -0.3 is 19.6 Å². The Hall–Kier alpha value is -1.87. The molecule has 0 saturated carbocycles. The average Bonchev–Trinajstić information content (AvgIpc) is 3.00. The molecule has 0 bridgehead atoms. The van der Waals surface area contributed by atoms with Gasteiger partial charge >= 0.3 is 0 Å². The number of aromatic nitrogens is 3. The minimum atomic E-state index is -0.132. The third-order valence-corrected chi connectivity index (χ3v) is 5.18. The number of ether oxygens (including phenoxy) is 1. The molecule has 6 nitrogen and oxygen atoms in total. The van der Waals surface area contributed by atoms with E-state index in [1.165, 1.54) is 0 Å². The van der Waals surface area contributed by atoms with Crippen LogP contribution in [0.5, 0.6) is 0 Å². The van der Waals surface area contributed by atoms with Gasteiger partial charge in [0.2, 0.25) is 0 Å². The zero-order chi connectivity index (χ0) is 16.7. The molecule has 24 heavy (non-hydrogen) atoms. The Kier molecular flexibility index (Phi) is 4.05. The molecule has 0 spiro atoms. The molecule has 2 aromatic heterocycles. The number of nitrogens with one attached hydrogen (secondary N) is 2. The van der Waals surface area contributed by atoms with E-state index in [0.717, 1.165) is 52.2 Å². The molecule has 7 heteroatoms. The highest BCUT2D eigenvalue weighted by atomic mass is 127. The fraction of sp³-hybridized carbons (Fsp3) is 0.294. The summed E-state index contributed by atoms with van der Waals surface area (Å²) in [5.74, 6) is 0.610. The number of nitrogens with zero attached hydrogens (tertiary/aromatic N) is 2. The molecule has 3 heterocycles. The van der Waals surface area contributed by atoms with Gasteiger partial charge in [0.15, 0.2) is 0 Å². The number of halogens is 1. The third-order valence-electron chi connectivity index (χ3n) is 4.28. The van der Waals surface area contributed by atoms with E-state index < -0.39 is 0 Å². The topological polar surface area (TPSA) is 74.0 Å².